The van der Waals surface area contributed by atoms with Gasteiger partial charge >= 0.3 is 5.97 Å². The van der Waals surface area contributed by atoms with Gasteiger partial charge in [-0.1, -0.05) is 12.1 Å². The topological polar surface area (TPSA) is 93.8 Å². The van der Waals surface area contributed by atoms with Crippen LogP contribution < -0.4 is 5.43 Å². The quantitative estimate of drug-likeness (QED) is 0.484. The molecule has 1 aliphatic heterocycles. The van der Waals surface area contributed by atoms with Gasteiger partial charge in [0.25, 0.3) is 5.69 Å². The second kappa shape index (κ2) is 4.60. The highest BCUT2D eigenvalue weighted by molar-refractivity contribution is 6.38. The Balaban J connectivity index is 2.19. The Morgan fingerprint density at radius 3 is 2.82 bits per heavy atom. The summed E-state index contributed by atoms with van der Waals surface area (Å²) < 4.78 is 4.69. The molecule has 88 valence electrons. The number of ether oxygens (including phenoxy) is 1. The van der Waals surface area contributed by atoms with E-state index in [4.69, 9.17) is 0 Å². The minimum absolute atomic E-state index is 0.0942. The highest BCUT2D eigenvalue weighted by atomic mass is 16.6. The number of cyclic esters (lactones) is 1. The summed E-state index contributed by atoms with van der Waals surface area (Å²) in [5.41, 5.74) is 2.90. The van der Waals surface area contributed by atoms with Gasteiger partial charge in [0.05, 0.1) is 11.5 Å². The molecule has 1 aliphatic rings. The Labute approximate surface area is 96.2 Å². The van der Waals surface area contributed by atoms with Crippen molar-refractivity contribution in [1.82, 2.24) is 0 Å². The van der Waals surface area contributed by atoms with Gasteiger partial charge in [0.15, 0.2) is 0 Å². The molecule has 1 N–H and O–H groups in total. The van der Waals surface area contributed by atoms with E-state index in [0.717, 1.165) is 0 Å². The first-order valence-electron chi connectivity index (χ1n) is 4.91. The number of hydrogen-bond acceptors (Lipinski definition) is 6. The molecule has 0 saturated carbocycles. The Bertz CT molecular complexity index is 498. The first-order chi connectivity index (χ1) is 8.18. The first-order valence-corrected chi connectivity index (χ1v) is 4.91. The van der Waals surface area contributed by atoms with Crippen molar-refractivity contribution >= 4 is 23.1 Å². The van der Waals surface area contributed by atoms with Crippen LogP contribution in [0.2, 0.25) is 0 Å². The van der Waals surface area contributed by atoms with E-state index in [1.165, 1.54) is 12.1 Å². The smallest absolute Gasteiger partial charge is 0.354 e. The second-order valence-corrected chi connectivity index (χ2v) is 3.33. The van der Waals surface area contributed by atoms with Gasteiger partial charge in [0.2, 0.25) is 0 Å². The third kappa shape index (κ3) is 2.39. The van der Waals surface area contributed by atoms with Crippen molar-refractivity contribution in [3.63, 3.8) is 0 Å². The van der Waals surface area contributed by atoms with Crippen molar-refractivity contribution in [3.8, 4) is 0 Å². The van der Waals surface area contributed by atoms with Crippen LogP contribution in [0.15, 0.2) is 29.4 Å². The molecule has 0 aliphatic carbocycles. The zero-order valence-electron chi connectivity index (χ0n) is 8.75. The molecule has 0 unspecified atom stereocenters. The molecule has 17 heavy (non-hydrogen) atoms. The van der Waals surface area contributed by atoms with Crippen LogP contribution in [0.1, 0.15) is 6.42 Å². The molecular formula is C10H9N3O4. The number of hydrazone groups is 1. The maximum atomic E-state index is 11.1. The molecule has 1 aromatic rings. The highest BCUT2D eigenvalue weighted by Gasteiger charge is 2.21. The number of esters is 1. The van der Waals surface area contributed by atoms with Gasteiger partial charge in [-0.25, -0.2) is 4.79 Å². The third-order valence-electron chi connectivity index (χ3n) is 2.22. The zero-order valence-corrected chi connectivity index (χ0v) is 8.75. The maximum absolute atomic E-state index is 11.1. The minimum atomic E-state index is -0.518. The summed E-state index contributed by atoms with van der Waals surface area (Å²) in [6.45, 7) is 0.302. The van der Waals surface area contributed by atoms with Crippen molar-refractivity contribution in [1.29, 1.82) is 0 Å². The molecule has 1 fully saturated rings. The zero-order chi connectivity index (χ0) is 12.3. The van der Waals surface area contributed by atoms with Crippen LogP contribution in [0, 0.1) is 10.1 Å². The molecule has 1 heterocycles. The van der Waals surface area contributed by atoms with Crippen molar-refractivity contribution in [2.75, 3.05) is 12.0 Å². The monoisotopic (exact) mass is 235 g/mol. The highest BCUT2D eigenvalue weighted by Crippen LogP contribution is 2.23. The Kier molecular flexibility index (Phi) is 2.99. The van der Waals surface area contributed by atoms with Gasteiger partial charge in [0, 0.05) is 12.5 Å². The molecule has 0 bridgehead atoms. The fraction of sp³-hybridized carbons (Fsp3) is 0.200. The predicted octanol–water partition coefficient (Wildman–Crippen LogP) is 1.31. The van der Waals surface area contributed by atoms with Gasteiger partial charge in [-0.05, 0) is 6.07 Å². The van der Waals surface area contributed by atoms with E-state index in [2.05, 4.69) is 15.3 Å². The standard InChI is InChI=1S/C10H9N3O4/c14-10-8(5-6-17-10)12-11-7-3-1-2-4-9(7)13(15)16/h1-4,11H,5-6H2/b12-8+. The van der Waals surface area contributed by atoms with Gasteiger partial charge in [0.1, 0.15) is 11.4 Å². The number of nitro groups is 1. The number of anilines is 1. The molecule has 1 aromatic carbocycles. The van der Waals surface area contributed by atoms with Crippen molar-refractivity contribution < 1.29 is 14.5 Å². The van der Waals surface area contributed by atoms with E-state index in [1.807, 2.05) is 0 Å². The van der Waals surface area contributed by atoms with E-state index in [-0.39, 0.29) is 17.1 Å². The summed E-state index contributed by atoms with van der Waals surface area (Å²) in [4.78, 5) is 21.3. The van der Waals surface area contributed by atoms with Crippen molar-refractivity contribution in [2.45, 2.75) is 6.42 Å². The normalized spacial score (nSPS) is 16.9. The van der Waals surface area contributed by atoms with E-state index < -0.39 is 10.9 Å². The van der Waals surface area contributed by atoms with E-state index in [0.29, 0.717) is 13.0 Å². The van der Waals surface area contributed by atoms with Crippen LogP contribution in [0.3, 0.4) is 0 Å². The predicted molar refractivity (Wildman–Crippen MR) is 59.7 cm³/mol. The molecule has 0 atom stereocenters. The summed E-state index contributed by atoms with van der Waals surface area (Å²) >= 11 is 0. The summed E-state index contributed by atoms with van der Waals surface area (Å²) in [6.07, 6.45) is 0.409. The summed E-state index contributed by atoms with van der Waals surface area (Å²) in [5, 5.41) is 14.5. The number of carbonyl (C=O) groups is 1. The first kappa shape index (κ1) is 11.1. The molecule has 7 nitrogen and oxygen atoms in total. The molecule has 0 aromatic heterocycles. The second-order valence-electron chi connectivity index (χ2n) is 3.33. The molecule has 2 rings (SSSR count). The summed E-state index contributed by atoms with van der Waals surface area (Å²) in [6, 6.07) is 6.07. The number of nitrogens with zero attached hydrogens (tertiary/aromatic N) is 2. The van der Waals surface area contributed by atoms with Gasteiger partial charge in [-0.3, -0.25) is 15.5 Å². The summed E-state index contributed by atoms with van der Waals surface area (Å²) in [7, 11) is 0. The molecule has 0 radical (unpaired) electrons. The molecule has 7 heteroatoms. The maximum Gasteiger partial charge on any atom is 0.354 e. The molecule has 1 saturated heterocycles. The lowest BCUT2D eigenvalue weighted by Crippen LogP contribution is -2.09. The number of hydrogen-bond donors (Lipinski definition) is 1. The van der Waals surface area contributed by atoms with Crippen LogP contribution in [0.4, 0.5) is 11.4 Å². The largest absolute Gasteiger partial charge is 0.461 e. The molecular weight excluding hydrogens is 226 g/mol. The van der Waals surface area contributed by atoms with Crippen LogP contribution >= 0.6 is 0 Å². The number of nitro benzene ring substituents is 1. The third-order valence-corrected chi connectivity index (χ3v) is 2.22. The van der Waals surface area contributed by atoms with Crippen LogP contribution in [0.5, 0.6) is 0 Å². The minimum Gasteiger partial charge on any atom is -0.461 e. The van der Waals surface area contributed by atoms with E-state index in [9.17, 15) is 14.9 Å². The fourth-order valence-corrected chi connectivity index (χ4v) is 1.38. The number of carbonyl (C=O) groups excluding carboxylic acids is 1. The Hall–Kier alpha value is -2.44. The van der Waals surface area contributed by atoms with Gasteiger partial charge in [-0.15, -0.1) is 0 Å². The average molecular weight is 235 g/mol. The Morgan fingerprint density at radius 1 is 1.41 bits per heavy atom. The number of benzene rings is 1. The SMILES string of the molecule is O=C1OCC/C1=N\Nc1ccccc1[N+](=O)[O-]. The summed E-state index contributed by atoms with van der Waals surface area (Å²) in [5.74, 6) is -0.490. The van der Waals surface area contributed by atoms with Gasteiger partial charge in [-0.2, -0.15) is 5.10 Å². The lowest BCUT2D eigenvalue weighted by Gasteiger charge is -2.01. The van der Waals surface area contributed by atoms with Gasteiger partial charge < -0.3 is 4.74 Å². The number of para-hydroxylation sites is 2. The van der Waals surface area contributed by atoms with Crippen LogP contribution in [0.25, 0.3) is 0 Å². The van der Waals surface area contributed by atoms with Crippen LogP contribution in [-0.4, -0.2) is 23.2 Å². The lowest BCUT2D eigenvalue weighted by molar-refractivity contribution is -0.384. The van der Waals surface area contributed by atoms with E-state index >= 15 is 0 Å². The van der Waals surface area contributed by atoms with Crippen LogP contribution in [-0.2, 0) is 9.53 Å². The van der Waals surface area contributed by atoms with Crippen molar-refractivity contribution in [2.24, 2.45) is 5.10 Å². The number of rotatable bonds is 3. The van der Waals surface area contributed by atoms with Crippen molar-refractivity contribution in [3.05, 3.63) is 34.4 Å². The molecule has 0 spiro atoms. The number of nitrogens with one attached hydrogen (secondary N) is 1. The lowest BCUT2D eigenvalue weighted by atomic mass is 10.3. The Morgan fingerprint density at radius 2 is 2.18 bits per heavy atom. The average Bonchev–Trinajstić information content (AvgIpc) is 2.72. The van der Waals surface area contributed by atoms with E-state index in [1.54, 1.807) is 12.1 Å². The molecule has 0 amide bonds. The fourth-order valence-electron chi connectivity index (χ4n) is 1.38.